The van der Waals surface area contributed by atoms with Gasteiger partial charge in [-0.25, -0.2) is 0 Å². The first-order valence-corrected chi connectivity index (χ1v) is 6.79. The molecule has 1 unspecified atom stereocenters. The molecule has 2 aromatic rings. The molecule has 0 radical (unpaired) electrons. The molecule has 1 aliphatic rings. The normalized spacial score (nSPS) is 16.5. The fourth-order valence-corrected chi connectivity index (χ4v) is 2.39. The third kappa shape index (κ3) is 2.65. The molecule has 0 saturated heterocycles. The topological polar surface area (TPSA) is 39.4 Å². The summed E-state index contributed by atoms with van der Waals surface area (Å²) in [6.45, 7) is 4.00. The maximum Gasteiger partial charge on any atom is 0.310 e. The first-order chi connectivity index (χ1) is 9.13. The first-order valence-electron chi connectivity index (χ1n) is 6.79. The Kier molecular flexibility index (Phi) is 3.05. The summed E-state index contributed by atoms with van der Waals surface area (Å²) in [5, 5.41) is 1.00. The second kappa shape index (κ2) is 4.72. The summed E-state index contributed by atoms with van der Waals surface area (Å²) in [7, 11) is 0. The molecule has 1 heterocycles. The van der Waals surface area contributed by atoms with Gasteiger partial charge >= 0.3 is 5.97 Å². The van der Waals surface area contributed by atoms with Crippen molar-refractivity contribution < 1.29 is 13.9 Å². The van der Waals surface area contributed by atoms with Gasteiger partial charge in [0.2, 0.25) is 0 Å². The van der Waals surface area contributed by atoms with Crippen molar-refractivity contribution in [2.45, 2.75) is 39.2 Å². The average molecular weight is 258 g/mol. The Morgan fingerprint density at radius 1 is 1.47 bits per heavy atom. The van der Waals surface area contributed by atoms with Gasteiger partial charge in [0.05, 0.1) is 12.7 Å². The predicted molar refractivity (Wildman–Crippen MR) is 72.9 cm³/mol. The van der Waals surface area contributed by atoms with E-state index in [-0.39, 0.29) is 18.5 Å². The number of benzene rings is 1. The maximum absolute atomic E-state index is 11.9. The van der Waals surface area contributed by atoms with E-state index in [0.29, 0.717) is 5.92 Å². The van der Waals surface area contributed by atoms with Crippen LogP contribution in [0.3, 0.4) is 0 Å². The van der Waals surface area contributed by atoms with Crippen LogP contribution in [-0.4, -0.2) is 12.1 Å². The zero-order valence-corrected chi connectivity index (χ0v) is 11.3. The lowest BCUT2D eigenvalue weighted by molar-refractivity contribution is -0.148. The summed E-state index contributed by atoms with van der Waals surface area (Å²) in [5.41, 5.74) is 2.89. The lowest BCUT2D eigenvalue weighted by atomic mass is 10.1. The number of hydrogen-bond donors (Lipinski definition) is 0. The van der Waals surface area contributed by atoms with Crippen LogP contribution in [0.25, 0.3) is 11.0 Å². The second-order valence-electron chi connectivity index (χ2n) is 5.47. The number of fused-ring (bicyclic) bond motifs is 1. The van der Waals surface area contributed by atoms with Gasteiger partial charge in [0.1, 0.15) is 11.7 Å². The zero-order chi connectivity index (χ0) is 13.4. The SMILES string of the molecule is Cc1ccc2c(CC(=O)OC(C)C3CC3)coc2c1. The first kappa shape index (κ1) is 12.3. The zero-order valence-electron chi connectivity index (χ0n) is 11.3. The Balaban J connectivity index is 1.72. The van der Waals surface area contributed by atoms with Gasteiger partial charge in [-0.15, -0.1) is 0 Å². The Morgan fingerprint density at radius 2 is 2.26 bits per heavy atom. The predicted octanol–water partition coefficient (Wildman–Crippen LogP) is 3.63. The molecule has 19 heavy (non-hydrogen) atoms. The Bertz CT molecular complexity index is 607. The number of furan rings is 1. The molecule has 1 aromatic heterocycles. The number of ether oxygens (including phenoxy) is 1. The number of carbonyl (C=O) groups is 1. The molecular weight excluding hydrogens is 240 g/mol. The van der Waals surface area contributed by atoms with E-state index >= 15 is 0 Å². The van der Waals surface area contributed by atoms with E-state index in [0.717, 1.165) is 22.1 Å². The van der Waals surface area contributed by atoms with Gasteiger partial charge in [-0.3, -0.25) is 4.79 Å². The highest BCUT2D eigenvalue weighted by molar-refractivity contribution is 5.86. The van der Waals surface area contributed by atoms with Crippen molar-refractivity contribution in [3.63, 3.8) is 0 Å². The Labute approximate surface area is 112 Å². The molecule has 1 aromatic carbocycles. The van der Waals surface area contributed by atoms with E-state index < -0.39 is 0 Å². The maximum atomic E-state index is 11.9. The van der Waals surface area contributed by atoms with Gasteiger partial charge in [0.25, 0.3) is 0 Å². The van der Waals surface area contributed by atoms with Crippen molar-refractivity contribution in [2.24, 2.45) is 5.92 Å². The molecule has 0 N–H and O–H groups in total. The smallest absolute Gasteiger partial charge is 0.310 e. The van der Waals surface area contributed by atoms with Crippen LogP contribution in [0.2, 0.25) is 0 Å². The van der Waals surface area contributed by atoms with Crippen molar-refractivity contribution in [1.82, 2.24) is 0 Å². The fourth-order valence-electron chi connectivity index (χ4n) is 2.39. The molecule has 1 atom stereocenters. The summed E-state index contributed by atoms with van der Waals surface area (Å²) >= 11 is 0. The summed E-state index contributed by atoms with van der Waals surface area (Å²) in [6.07, 6.45) is 4.36. The minimum Gasteiger partial charge on any atom is -0.464 e. The Hall–Kier alpha value is -1.77. The number of esters is 1. The van der Waals surface area contributed by atoms with E-state index in [9.17, 15) is 4.79 Å². The van der Waals surface area contributed by atoms with Gasteiger partial charge < -0.3 is 9.15 Å². The van der Waals surface area contributed by atoms with E-state index in [1.807, 2.05) is 32.0 Å². The van der Waals surface area contributed by atoms with E-state index in [4.69, 9.17) is 9.15 Å². The van der Waals surface area contributed by atoms with Crippen LogP contribution in [-0.2, 0) is 16.0 Å². The van der Waals surface area contributed by atoms with E-state index in [2.05, 4.69) is 0 Å². The third-order valence-corrected chi connectivity index (χ3v) is 3.75. The fraction of sp³-hybridized carbons (Fsp3) is 0.438. The summed E-state index contributed by atoms with van der Waals surface area (Å²) in [5.74, 6) is 0.412. The molecule has 0 aliphatic heterocycles. The lowest BCUT2D eigenvalue weighted by Gasteiger charge is -2.11. The highest BCUT2D eigenvalue weighted by Crippen LogP contribution is 2.34. The summed E-state index contributed by atoms with van der Waals surface area (Å²) in [6, 6.07) is 6.01. The molecule has 1 fully saturated rings. The molecule has 3 rings (SSSR count). The van der Waals surface area contributed by atoms with Crippen molar-refractivity contribution >= 4 is 16.9 Å². The second-order valence-corrected chi connectivity index (χ2v) is 5.47. The van der Waals surface area contributed by atoms with Crippen LogP contribution < -0.4 is 0 Å². The van der Waals surface area contributed by atoms with E-state index in [1.54, 1.807) is 6.26 Å². The number of hydrogen-bond acceptors (Lipinski definition) is 3. The molecule has 0 spiro atoms. The van der Waals surface area contributed by atoms with Crippen LogP contribution in [0, 0.1) is 12.8 Å². The minimum atomic E-state index is -0.164. The van der Waals surface area contributed by atoms with Crippen LogP contribution in [0.1, 0.15) is 30.9 Å². The molecule has 100 valence electrons. The number of rotatable bonds is 4. The molecule has 0 amide bonds. The molecule has 3 nitrogen and oxygen atoms in total. The summed E-state index contributed by atoms with van der Waals surface area (Å²) in [4.78, 5) is 11.9. The van der Waals surface area contributed by atoms with Crippen LogP contribution in [0.5, 0.6) is 0 Å². The van der Waals surface area contributed by atoms with Gasteiger partial charge in [-0.2, -0.15) is 0 Å². The minimum absolute atomic E-state index is 0.0490. The highest BCUT2D eigenvalue weighted by Gasteiger charge is 2.30. The van der Waals surface area contributed by atoms with Gasteiger partial charge in [0, 0.05) is 10.9 Å². The highest BCUT2D eigenvalue weighted by atomic mass is 16.5. The van der Waals surface area contributed by atoms with Crippen molar-refractivity contribution in [1.29, 1.82) is 0 Å². The molecule has 1 aliphatic carbocycles. The Morgan fingerprint density at radius 3 is 3.00 bits per heavy atom. The molecule has 0 bridgehead atoms. The quantitative estimate of drug-likeness (QED) is 0.786. The lowest BCUT2D eigenvalue weighted by Crippen LogP contribution is -2.18. The largest absolute Gasteiger partial charge is 0.464 e. The van der Waals surface area contributed by atoms with Crippen LogP contribution >= 0.6 is 0 Å². The number of aryl methyl sites for hydroxylation is 1. The summed E-state index contributed by atoms with van der Waals surface area (Å²) < 4.78 is 10.9. The van der Waals surface area contributed by atoms with Gasteiger partial charge in [-0.05, 0) is 44.2 Å². The molecule has 1 saturated carbocycles. The standard InChI is InChI=1S/C16H18O3/c1-10-3-6-14-13(9-18-15(14)7-10)8-16(17)19-11(2)12-4-5-12/h3,6-7,9,11-12H,4-5,8H2,1-2H3. The average Bonchev–Trinajstić information content (AvgIpc) is 3.14. The van der Waals surface area contributed by atoms with E-state index in [1.165, 1.54) is 12.8 Å². The van der Waals surface area contributed by atoms with Gasteiger partial charge in [-0.1, -0.05) is 12.1 Å². The third-order valence-electron chi connectivity index (χ3n) is 3.75. The molecule has 3 heteroatoms. The number of carbonyl (C=O) groups excluding carboxylic acids is 1. The van der Waals surface area contributed by atoms with Crippen LogP contribution in [0.15, 0.2) is 28.9 Å². The van der Waals surface area contributed by atoms with Crippen molar-refractivity contribution in [2.75, 3.05) is 0 Å². The van der Waals surface area contributed by atoms with Crippen molar-refractivity contribution in [3.05, 3.63) is 35.6 Å². The molecular formula is C16H18O3. The van der Waals surface area contributed by atoms with Crippen LogP contribution in [0.4, 0.5) is 0 Å². The van der Waals surface area contributed by atoms with Gasteiger partial charge in [0.15, 0.2) is 0 Å². The monoisotopic (exact) mass is 258 g/mol. The van der Waals surface area contributed by atoms with Crippen molar-refractivity contribution in [3.8, 4) is 0 Å².